The molecule has 0 atom stereocenters. The highest BCUT2D eigenvalue weighted by atomic mass is 35.5. The fourth-order valence-electron chi connectivity index (χ4n) is 2.82. The monoisotopic (exact) mass is 301 g/mol. The van der Waals surface area contributed by atoms with Crippen LogP contribution in [0.15, 0.2) is 48.5 Å². The van der Waals surface area contributed by atoms with Crippen molar-refractivity contribution < 1.29 is 4.74 Å². The highest BCUT2D eigenvalue weighted by Crippen LogP contribution is 2.39. The molecule has 110 valence electrons. The molecule has 1 aliphatic rings. The van der Waals surface area contributed by atoms with E-state index < -0.39 is 0 Å². The third-order valence-corrected chi connectivity index (χ3v) is 4.23. The fraction of sp³-hybridized carbons (Fsp3) is 0.333. The zero-order valence-electron chi connectivity index (χ0n) is 12.2. The van der Waals surface area contributed by atoms with Crippen LogP contribution in [0.5, 0.6) is 5.75 Å². The van der Waals surface area contributed by atoms with Gasteiger partial charge in [-0.15, -0.1) is 0 Å². The summed E-state index contributed by atoms with van der Waals surface area (Å²) < 4.78 is 5.45. The van der Waals surface area contributed by atoms with Crippen molar-refractivity contribution in [2.75, 3.05) is 11.9 Å². The lowest BCUT2D eigenvalue weighted by Gasteiger charge is -2.37. The number of nitrogens with one attached hydrogen (secondary N) is 1. The second-order valence-corrected chi connectivity index (χ2v) is 5.96. The Morgan fingerprint density at radius 3 is 2.57 bits per heavy atom. The van der Waals surface area contributed by atoms with Crippen molar-refractivity contribution in [1.29, 1.82) is 0 Å². The minimum atomic E-state index is 0.548. The lowest BCUT2D eigenvalue weighted by molar-refractivity contribution is 0.340. The van der Waals surface area contributed by atoms with Crippen LogP contribution < -0.4 is 10.1 Å². The van der Waals surface area contributed by atoms with E-state index in [1.54, 1.807) is 0 Å². The molecule has 0 spiro atoms. The van der Waals surface area contributed by atoms with E-state index in [2.05, 4.69) is 29.6 Å². The highest BCUT2D eigenvalue weighted by molar-refractivity contribution is 6.30. The molecule has 21 heavy (non-hydrogen) atoms. The summed E-state index contributed by atoms with van der Waals surface area (Å²) in [7, 11) is 0. The largest absolute Gasteiger partial charge is 0.494 e. The van der Waals surface area contributed by atoms with Gasteiger partial charge in [0, 0.05) is 16.8 Å². The minimum absolute atomic E-state index is 0.548. The van der Waals surface area contributed by atoms with Crippen molar-refractivity contribution in [3.8, 4) is 5.75 Å². The molecule has 2 aromatic rings. The molecule has 1 aliphatic carbocycles. The van der Waals surface area contributed by atoms with Crippen molar-refractivity contribution in [3.05, 3.63) is 59.1 Å². The fourth-order valence-corrected chi connectivity index (χ4v) is 3.02. The first-order valence-corrected chi connectivity index (χ1v) is 7.87. The van der Waals surface area contributed by atoms with Crippen molar-refractivity contribution >= 4 is 17.3 Å². The summed E-state index contributed by atoms with van der Waals surface area (Å²) in [6.07, 6.45) is 2.32. The van der Waals surface area contributed by atoms with Crippen molar-refractivity contribution in [2.24, 2.45) is 0 Å². The van der Waals surface area contributed by atoms with E-state index in [0.29, 0.717) is 18.6 Å². The van der Waals surface area contributed by atoms with Gasteiger partial charge in [-0.25, -0.2) is 0 Å². The molecule has 3 heteroatoms. The van der Waals surface area contributed by atoms with Gasteiger partial charge in [-0.3, -0.25) is 0 Å². The van der Waals surface area contributed by atoms with Crippen LogP contribution in [0.1, 0.15) is 31.2 Å². The predicted molar refractivity (Wildman–Crippen MR) is 88.4 cm³/mol. The molecule has 1 saturated carbocycles. The minimum Gasteiger partial charge on any atom is -0.494 e. The van der Waals surface area contributed by atoms with Crippen LogP contribution in [-0.2, 0) is 0 Å². The van der Waals surface area contributed by atoms with Gasteiger partial charge in [0.05, 0.1) is 6.61 Å². The maximum atomic E-state index is 6.05. The smallest absolute Gasteiger partial charge is 0.119 e. The lowest BCUT2D eigenvalue weighted by atomic mass is 9.76. The van der Waals surface area contributed by atoms with E-state index in [0.717, 1.165) is 29.3 Å². The average molecular weight is 302 g/mol. The molecule has 0 heterocycles. The molecule has 0 bridgehead atoms. The Labute approximate surface area is 131 Å². The Bertz CT molecular complexity index is 590. The molecule has 0 amide bonds. The molecule has 3 rings (SSSR count). The van der Waals surface area contributed by atoms with E-state index in [9.17, 15) is 0 Å². The summed E-state index contributed by atoms with van der Waals surface area (Å²) in [5.74, 6) is 1.55. The summed E-state index contributed by atoms with van der Waals surface area (Å²) in [5, 5.41) is 4.40. The van der Waals surface area contributed by atoms with Gasteiger partial charge in [-0.05, 0) is 67.6 Å². The first-order valence-electron chi connectivity index (χ1n) is 7.49. The summed E-state index contributed by atoms with van der Waals surface area (Å²) in [6, 6.07) is 17.0. The van der Waals surface area contributed by atoms with Crippen molar-refractivity contribution in [3.63, 3.8) is 0 Å². The number of anilines is 1. The van der Waals surface area contributed by atoms with E-state index in [4.69, 9.17) is 16.3 Å². The Kier molecular flexibility index (Phi) is 4.35. The highest BCUT2D eigenvalue weighted by Gasteiger charge is 2.30. The molecule has 0 radical (unpaired) electrons. The third-order valence-electron chi connectivity index (χ3n) is 3.99. The third kappa shape index (κ3) is 3.51. The quantitative estimate of drug-likeness (QED) is 0.830. The predicted octanol–water partition coefficient (Wildman–Crippen LogP) is 5.10. The molecular weight excluding hydrogens is 282 g/mol. The van der Waals surface area contributed by atoms with Gasteiger partial charge in [0.15, 0.2) is 0 Å². The first-order chi connectivity index (χ1) is 10.2. The van der Waals surface area contributed by atoms with Gasteiger partial charge in [-0.1, -0.05) is 23.7 Å². The van der Waals surface area contributed by atoms with Gasteiger partial charge in [0.25, 0.3) is 0 Å². The van der Waals surface area contributed by atoms with E-state index in [-0.39, 0.29) is 0 Å². The number of hydrogen-bond acceptors (Lipinski definition) is 2. The maximum absolute atomic E-state index is 6.05. The normalized spacial score (nSPS) is 20.7. The molecule has 0 aromatic heterocycles. The second kappa shape index (κ2) is 6.40. The Morgan fingerprint density at radius 2 is 1.90 bits per heavy atom. The van der Waals surface area contributed by atoms with E-state index in [1.165, 1.54) is 5.56 Å². The van der Waals surface area contributed by atoms with Gasteiger partial charge in [0.2, 0.25) is 0 Å². The lowest BCUT2D eigenvalue weighted by Crippen LogP contribution is -2.33. The Balaban J connectivity index is 1.52. The van der Waals surface area contributed by atoms with Crippen LogP contribution >= 0.6 is 11.6 Å². The van der Waals surface area contributed by atoms with Gasteiger partial charge in [-0.2, -0.15) is 0 Å². The van der Waals surface area contributed by atoms with Crippen LogP contribution in [0, 0.1) is 0 Å². The number of rotatable bonds is 5. The maximum Gasteiger partial charge on any atom is 0.119 e. The topological polar surface area (TPSA) is 21.3 Å². The van der Waals surface area contributed by atoms with Gasteiger partial charge in [0.1, 0.15) is 5.75 Å². The molecule has 0 unspecified atom stereocenters. The molecule has 0 aliphatic heterocycles. The summed E-state index contributed by atoms with van der Waals surface area (Å²) in [5.41, 5.74) is 2.51. The molecule has 0 saturated heterocycles. The van der Waals surface area contributed by atoms with Crippen LogP contribution in [0.3, 0.4) is 0 Å². The molecular formula is C18H20ClNO. The Morgan fingerprint density at radius 1 is 1.14 bits per heavy atom. The zero-order chi connectivity index (χ0) is 14.7. The number of halogens is 1. The SMILES string of the molecule is CCOc1ccc(NC2CC(c3cccc(Cl)c3)C2)cc1. The van der Waals surface area contributed by atoms with Gasteiger partial charge < -0.3 is 10.1 Å². The van der Waals surface area contributed by atoms with Crippen LogP contribution in [0.25, 0.3) is 0 Å². The van der Waals surface area contributed by atoms with Crippen LogP contribution in [0.4, 0.5) is 5.69 Å². The van der Waals surface area contributed by atoms with Crippen LogP contribution in [-0.4, -0.2) is 12.6 Å². The first kappa shape index (κ1) is 14.3. The van der Waals surface area contributed by atoms with Crippen LogP contribution in [0.2, 0.25) is 5.02 Å². The molecule has 2 nitrogen and oxygen atoms in total. The average Bonchev–Trinajstić information content (AvgIpc) is 2.44. The molecule has 1 N–H and O–H groups in total. The second-order valence-electron chi connectivity index (χ2n) is 5.52. The number of benzene rings is 2. The van der Waals surface area contributed by atoms with E-state index >= 15 is 0 Å². The number of ether oxygens (including phenoxy) is 1. The summed E-state index contributed by atoms with van der Waals surface area (Å²) in [4.78, 5) is 0. The summed E-state index contributed by atoms with van der Waals surface area (Å²) in [6.45, 7) is 2.70. The molecule has 1 fully saturated rings. The number of hydrogen-bond donors (Lipinski definition) is 1. The standard InChI is InChI=1S/C18H20ClNO/c1-2-21-18-8-6-16(7-9-18)20-17-11-14(12-17)13-4-3-5-15(19)10-13/h3-10,14,17,20H,2,11-12H2,1H3. The molecule has 2 aromatic carbocycles. The van der Waals surface area contributed by atoms with Crippen molar-refractivity contribution in [2.45, 2.75) is 31.7 Å². The van der Waals surface area contributed by atoms with E-state index in [1.807, 2.05) is 31.2 Å². The van der Waals surface area contributed by atoms with Crippen molar-refractivity contribution in [1.82, 2.24) is 0 Å². The van der Waals surface area contributed by atoms with Gasteiger partial charge >= 0.3 is 0 Å². The zero-order valence-corrected chi connectivity index (χ0v) is 12.9. The Hall–Kier alpha value is -1.67. The summed E-state index contributed by atoms with van der Waals surface area (Å²) >= 11 is 6.05.